The van der Waals surface area contributed by atoms with Crippen molar-refractivity contribution in [3.05, 3.63) is 59.7 Å². The minimum Gasteiger partial charge on any atom is -0.399 e. The number of aryl methyl sites for hydroxylation is 1. The van der Waals surface area contributed by atoms with Gasteiger partial charge in [-0.2, -0.15) is 0 Å². The van der Waals surface area contributed by atoms with Gasteiger partial charge >= 0.3 is 7.12 Å². The Morgan fingerprint density at radius 3 is 2.16 bits per heavy atom. The third kappa shape index (κ3) is 3.48. The van der Waals surface area contributed by atoms with Gasteiger partial charge < -0.3 is 14.6 Å². The van der Waals surface area contributed by atoms with Crippen LogP contribution in [0.25, 0.3) is 0 Å². The lowest BCUT2D eigenvalue weighted by molar-refractivity contribution is 0.00578. The van der Waals surface area contributed by atoms with Crippen LogP contribution in [0.4, 0.5) is 5.69 Å². The molecular weight excluding hydrogens is 313 g/mol. The predicted octanol–water partition coefficient (Wildman–Crippen LogP) is 3.55. The van der Waals surface area contributed by atoms with Gasteiger partial charge in [0.25, 0.3) is 5.91 Å². The van der Waals surface area contributed by atoms with E-state index >= 15 is 0 Å². The van der Waals surface area contributed by atoms with Crippen molar-refractivity contribution < 1.29 is 14.1 Å². The molecule has 0 aliphatic carbocycles. The van der Waals surface area contributed by atoms with Gasteiger partial charge in [-0.25, -0.2) is 0 Å². The Balaban J connectivity index is 1.83. The zero-order valence-corrected chi connectivity index (χ0v) is 15.4. The molecule has 0 saturated carbocycles. The van der Waals surface area contributed by atoms with Crippen LogP contribution in [0.1, 0.15) is 43.6 Å². The Kier molecular flexibility index (Phi) is 4.48. The van der Waals surface area contributed by atoms with E-state index in [2.05, 4.69) is 5.32 Å². The standard InChI is InChI=1S/C20H24BNO3/c1-14-11-12-16(22-18(23)15-9-7-6-8-10-15)13-17(14)21-24-19(2,3)20(4,5)25-21/h6-13H,1-5H3,(H,22,23). The first kappa shape index (κ1) is 17.7. The number of hydrogen-bond donors (Lipinski definition) is 1. The zero-order chi connectivity index (χ0) is 18.2. The van der Waals surface area contributed by atoms with Crippen molar-refractivity contribution in [2.75, 3.05) is 5.32 Å². The summed E-state index contributed by atoms with van der Waals surface area (Å²) in [6.07, 6.45) is 0. The van der Waals surface area contributed by atoms with E-state index in [4.69, 9.17) is 9.31 Å². The van der Waals surface area contributed by atoms with Crippen molar-refractivity contribution in [1.82, 2.24) is 0 Å². The summed E-state index contributed by atoms with van der Waals surface area (Å²) in [6, 6.07) is 15.0. The van der Waals surface area contributed by atoms with Crippen molar-refractivity contribution in [3.63, 3.8) is 0 Å². The van der Waals surface area contributed by atoms with Gasteiger partial charge in [-0.15, -0.1) is 0 Å². The van der Waals surface area contributed by atoms with E-state index in [0.717, 1.165) is 16.7 Å². The lowest BCUT2D eigenvalue weighted by atomic mass is 9.76. The number of hydrogen-bond acceptors (Lipinski definition) is 3. The maximum atomic E-state index is 12.4. The molecule has 1 saturated heterocycles. The highest BCUT2D eigenvalue weighted by Crippen LogP contribution is 2.36. The Labute approximate surface area is 149 Å². The second-order valence-electron chi connectivity index (χ2n) is 7.48. The Morgan fingerprint density at radius 1 is 0.960 bits per heavy atom. The van der Waals surface area contributed by atoms with Crippen LogP contribution in [0.5, 0.6) is 0 Å². The first-order valence-electron chi connectivity index (χ1n) is 8.52. The number of rotatable bonds is 3. The third-order valence-electron chi connectivity index (χ3n) is 5.08. The van der Waals surface area contributed by atoms with Gasteiger partial charge in [0, 0.05) is 11.3 Å². The average molecular weight is 337 g/mol. The summed E-state index contributed by atoms with van der Waals surface area (Å²) < 4.78 is 12.3. The highest BCUT2D eigenvalue weighted by Gasteiger charge is 2.52. The summed E-state index contributed by atoms with van der Waals surface area (Å²) >= 11 is 0. The number of anilines is 1. The molecule has 0 spiro atoms. The Bertz CT molecular complexity index is 771. The fraction of sp³-hybridized carbons (Fsp3) is 0.350. The van der Waals surface area contributed by atoms with E-state index in [1.807, 2.05) is 71.0 Å². The molecule has 0 aromatic heterocycles. The van der Waals surface area contributed by atoms with Crippen LogP contribution < -0.4 is 10.8 Å². The molecular formula is C20H24BNO3. The molecule has 0 unspecified atom stereocenters. The van der Waals surface area contributed by atoms with Gasteiger partial charge in [0.05, 0.1) is 11.2 Å². The average Bonchev–Trinajstić information content (AvgIpc) is 2.78. The van der Waals surface area contributed by atoms with Crippen LogP contribution in [-0.4, -0.2) is 24.2 Å². The highest BCUT2D eigenvalue weighted by molar-refractivity contribution is 6.62. The Morgan fingerprint density at radius 2 is 1.56 bits per heavy atom. The summed E-state index contributed by atoms with van der Waals surface area (Å²) in [6.45, 7) is 10.1. The third-order valence-corrected chi connectivity index (χ3v) is 5.08. The number of carbonyl (C=O) groups excluding carboxylic acids is 1. The van der Waals surface area contributed by atoms with Gasteiger partial charge in [0.2, 0.25) is 0 Å². The lowest BCUT2D eigenvalue weighted by Crippen LogP contribution is -2.41. The fourth-order valence-corrected chi connectivity index (χ4v) is 2.73. The van der Waals surface area contributed by atoms with E-state index < -0.39 is 18.3 Å². The molecule has 1 aliphatic rings. The van der Waals surface area contributed by atoms with Crippen LogP contribution in [-0.2, 0) is 9.31 Å². The van der Waals surface area contributed by atoms with Gasteiger partial charge in [-0.05, 0) is 64.3 Å². The number of carbonyl (C=O) groups is 1. The number of nitrogens with one attached hydrogen (secondary N) is 1. The van der Waals surface area contributed by atoms with E-state index in [1.54, 1.807) is 12.1 Å². The molecule has 130 valence electrons. The summed E-state index contributed by atoms with van der Waals surface area (Å²) in [5, 5.41) is 2.94. The smallest absolute Gasteiger partial charge is 0.399 e. The highest BCUT2D eigenvalue weighted by atomic mass is 16.7. The summed E-state index contributed by atoms with van der Waals surface area (Å²) in [5.41, 5.74) is 2.56. The van der Waals surface area contributed by atoms with Crippen LogP contribution in [0.2, 0.25) is 0 Å². The monoisotopic (exact) mass is 337 g/mol. The number of benzene rings is 2. The fourth-order valence-electron chi connectivity index (χ4n) is 2.73. The van der Waals surface area contributed by atoms with Crippen molar-refractivity contribution in [2.45, 2.75) is 45.8 Å². The molecule has 1 amide bonds. The van der Waals surface area contributed by atoms with Crippen molar-refractivity contribution >= 4 is 24.2 Å². The summed E-state index contributed by atoms with van der Waals surface area (Å²) in [5.74, 6) is -0.135. The molecule has 1 N–H and O–H groups in total. The van der Waals surface area contributed by atoms with Gasteiger partial charge in [0.1, 0.15) is 0 Å². The molecule has 3 rings (SSSR count). The molecule has 0 radical (unpaired) electrons. The predicted molar refractivity (Wildman–Crippen MR) is 101 cm³/mol. The first-order chi connectivity index (χ1) is 11.7. The minimum absolute atomic E-state index is 0.135. The molecule has 1 fully saturated rings. The molecule has 1 aliphatic heterocycles. The van der Waals surface area contributed by atoms with Crippen LogP contribution in [0, 0.1) is 6.92 Å². The van der Waals surface area contributed by atoms with Gasteiger partial charge in [-0.1, -0.05) is 29.8 Å². The molecule has 0 atom stereocenters. The molecule has 5 heteroatoms. The quantitative estimate of drug-likeness (QED) is 0.872. The lowest BCUT2D eigenvalue weighted by Gasteiger charge is -2.32. The molecule has 1 heterocycles. The second kappa shape index (κ2) is 6.32. The van der Waals surface area contributed by atoms with Crippen LogP contribution in [0.3, 0.4) is 0 Å². The molecule has 25 heavy (non-hydrogen) atoms. The van der Waals surface area contributed by atoms with E-state index in [1.165, 1.54) is 0 Å². The van der Waals surface area contributed by atoms with E-state index in [-0.39, 0.29) is 5.91 Å². The van der Waals surface area contributed by atoms with E-state index in [0.29, 0.717) is 5.56 Å². The molecule has 2 aromatic rings. The SMILES string of the molecule is Cc1ccc(NC(=O)c2ccccc2)cc1B1OC(C)(C)C(C)(C)O1. The minimum atomic E-state index is -0.446. The summed E-state index contributed by atoms with van der Waals surface area (Å²) in [4.78, 5) is 12.4. The zero-order valence-electron chi connectivity index (χ0n) is 15.4. The van der Waals surface area contributed by atoms with Gasteiger partial charge in [-0.3, -0.25) is 4.79 Å². The molecule has 4 nitrogen and oxygen atoms in total. The normalized spacial score (nSPS) is 18.2. The first-order valence-corrected chi connectivity index (χ1v) is 8.52. The van der Waals surface area contributed by atoms with Crippen molar-refractivity contribution in [3.8, 4) is 0 Å². The maximum absolute atomic E-state index is 12.4. The molecule has 2 aromatic carbocycles. The van der Waals surface area contributed by atoms with Crippen molar-refractivity contribution in [1.29, 1.82) is 0 Å². The van der Waals surface area contributed by atoms with Crippen LogP contribution >= 0.6 is 0 Å². The van der Waals surface area contributed by atoms with Crippen LogP contribution in [0.15, 0.2) is 48.5 Å². The van der Waals surface area contributed by atoms with Crippen molar-refractivity contribution in [2.24, 2.45) is 0 Å². The van der Waals surface area contributed by atoms with Gasteiger partial charge in [0.15, 0.2) is 0 Å². The summed E-state index contributed by atoms with van der Waals surface area (Å²) in [7, 11) is -0.446. The molecule has 0 bridgehead atoms. The van der Waals surface area contributed by atoms with E-state index in [9.17, 15) is 4.79 Å². The topological polar surface area (TPSA) is 47.6 Å². The second-order valence-corrected chi connectivity index (χ2v) is 7.48. The largest absolute Gasteiger partial charge is 0.495 e. The number of amides is 1. The maximum Gasteiger partial charge on any atom is 0.495 e. The Hall–Kier alpha value is -2.11.